The van der Waals surface area contributed by atoms with Crippen LogP contribution in [0.15, 0.2) is 54.6 Å². The third-order valence-electron chi connectivity index (χ3n) is 3.91. The molecule has 0 saturated heterocycles. The minimum absolute atomic E-state index is 0.275. The maximum atomic E-state index is 13.0. The molecule has 0 atom stereocenters. The van der Waals surface area contributed by atoms with Crippen LogP contribution >= 0.6 is 0 Å². The number of nitrogens with one attached hydrogen (secondary N) is 2. The Balaban J connectivity index is 1.65. The average Bonchev–Trinajstić information content (AvgIpc) is 3.35. The van der Waals surface area contributed by atoms with Gasteiger partial charge in [0, 0.05) is 5.56 Å². The van der Waals surface area contributed by atoms with Crippen molar-refractivity contribution in [3.8, 4) is 0 Å². The van der Waals surface area contributed by atoms with E-state index in [0.717, 1.165) is 5.56 Å². The summed E-state index contributed by atoms with van der Waals surface area (Å²) in [5, 5.41) is 0. The Morgan fingerprint density at radius 2 is 1.55 bits per heavy atom. The number of rotatable bonds is 3. The number of hydrazine groups is 1. The van der Waals surface area contributed by atoms with Gasteiger partial charge in [0.1, 0.15) is 5.82 Å². The fourth-order valence-corrected chi connectivity index (χ4v) is 2.44. The first kappa shape index (κ1) is 14.3. The van der Waals surface area contributed by atoms with Crippen molar-refractivity contribution in [2.75, 3.05) is 0 Å². The van der Waals surface area contributed by atoms with Crippen LogP contribution in [0.5, 0.6) is 0 Å². The summed E-state index contributed by atoms with van der Waals surface area (Å²) >= 11 is 0. The van der Waals surface area contributed by atoms with Crippen LogP contribution in [0, 0.1) is 5.82 Å². The fourth-order valence-electron chi connectivity index (χ4n) is 2.44. The van der Waals surface area contributed by atoms with Gasteiger partial charge in [-0.15, -0.1) is 0 Å². The molecule has 0 radical (unpaired) electrons. The van der Waals surface area contributed by atoms with Gasteiger partial charge in [0.15, 0.2) is 0 Å². The van der Waals surface area contributed by atoms with Crippen molar-refractivity contribution in [3.63, 3.8) is 0 Å². The third kappa shape index (κ3) is 2.70. The molecule has 3 rings (SSSR count). The molecule has 22 heavy (non-hydrogen) atoms. The molecule has 0 aromatic heterocycles. The molecule has 2 N–H and O–H groups in total. The molecule has 0 aliphatic heterocycles. The molecule has 1 fully saturated rings. The lowest BCUT2D eigenvalue weighted by atomic mass is 9.95. The zero-order chi connectivity index (χ0) is 15.6. The number of carbonyl (C=O) groups is 2. The molecule has 5 heteroatoms. The smallest absolute Gasteiger partial charge is 0.269 e. The van der Waals surface area contributed by atoms with Crippen LogP contribution in [-0.2, 0) is 10.2 Å². The minimum Gasteiger partial charge on any atom is -0.272 e. The Hall–Kier alpha value is -2.69. The number of benzene rings is 2. The van der Waals surface area contributed by atoms with Crippen LogP contribution in [-0.4, -0.2) is 11.8 Å². The van der Waals surface area contributed by atoms with Gasteiger partial charge in [-0.3, -0.25) is 20.4 Å². The summed E-state index contributed by atoms with van der Waals surface area (Å²) in [5.74, 6) is -0.982. The topological polar surface area (TPSA) is 58.2 Å². The third-order valence-corrected chi connectivity index (χ3v) is 3.91. The summed E-state index contributed by atoms with van der Waals surface area (Å²) in [4.78, 5) is 24.2. The second kappa shape index (κ2) is 5.60. The van der Waals surface area contributed by atoms with E-state index >= 15 is 0 Å². The maximum absolute atomic E-state index is 13.0. The first-order valence-electron chi connectivity index (χ1n) is 7.04. The van der Waals surface area contributed by atoms with Gasteiger partial charge in [0.05, 0.1) is 5.41 Å². The first-order valence-corrected chi connectivity index (χ1v) is 7.04. The van der Waals surface area contributed by atoms with Crippen LogP contribution in [0.1, 0.15) is 28.8 Å². The van der Waals surface area contributed by atoms with E-state index < -0.39 is 5.41 Å². The van der Waals surface area contributed by atoms with Gasteiger partial charge in [-0.1, -0.05) is 30.3 Å². The lowest BCUT2D eigenvalue weighted by Crippen LogP contribution is -2.46. The summed E-state index contributed by atoms with van der Waals surface area (Å²) in [5.41, 5.74) is 5.45. The zero-order valence-electron chi connectivity index (χ0n) is 11.8. The Bertz CT molecular complexity index is 694. The van der Waals surface area contributed by atoms with Gasteiger partial charge >= 0.3 is 0 Å². The van der Waals surface area contributed by atoms with Gasteiger partial charge in [0.25, 0.3) is 5.91 Å². The molecule has 1 aliphatic carbocycles. The Labute approximate surface area is 127 Å². The van der Waals surface area contributed by atoms with E-state index in [0.29, 0.717) is 18.4 Å². The highest BCUT2D eigenvalue weighted by Crippen LogP contribution is 2.48. The molecule has 4 nitrogen and oxygen atoms in total. The largest absolute Gasteiger partial charge is 0.272 e. The van der Waals surface area contributed by atoms with Crippen molar-refractivity contribution in [1.82, 2.24) is 10.9 Å². The summed E-state index contributed by atoms with van der Waals surface area (Å²) in [6.45, 7) is 0. The maximum Gasteiger partial charge on any atom is 0.269 e. The lowest BCUT2D eigenvalue weighted by Gasteiger charge is -2.16. The zero-order valence-corrected chi connectivity index (χ0v) is 11.8. The summed E-state index contributed by atoms with van der Waals surface area (Å²) in [6.07, 6.45) is 1.37. The quantitative estimate of drug-likeness (QED) is 0.854. The number of carbonyl (C=O) groups excluding carboxylic acids is 2. The molecule has 0 unspecified atom stereocenters. The van der Waals surface area contributed by atoms with Gasteiger partial charge < -0.3 is 0 Å². The van der Waals surface area contributed by atoms with Crippen molar-refractivity contribution < 1.29 is 14.0 Å². The molecule has 2 amide bonds. The highest BCUT2D eigenvalue weighted by atomic mass is 19.1. The molecule has 0 heterocycles. The van der Waals surface area contributed by atoms with Gasteiger partial charge in [-0.2, -0.15) is 0 Å². The van der Waals surface area contributed by atoms with Crippen molar-refractivity contribution in [2.24, 2.45) is 0 Å². The standard InChI is InChI=1S/C17H15FN2O2/c18-14-8-6-13(7-9-14)17(10-11-17)16(22)20-19-15(21)12-4-2-1-3-5-12/h1-9H,10-11H2,(H,19,21)(H,20,22). The van der Waals surface area contributed by atoms with E-state index in [1.54, 1.807) is 36.4 Å². The summed E-state index contributed by atoms with van der Waals surface area (Å²) in [6, 6.07) is 14.5. The Morgan fingerprint density at radius 1 is 0.909 bits per heavy atom. The molecule has 112 valence electrons. The van der Waals surface area contributed by atoms with Gasteiger partial charge in [-0.25, -0.2) is 4.39 Å². The van der Waals surface area contributed by atoms with Crippen molar-refractivity contribution in [3.05, 3.63) is 71.5 Å². The normalized spacial score (nSPS) is 15.0. The second-order valence-electron chi connectivity index (χ2n) is 5.36. The van der Waals surface area contributed by atoms with E-state index in [4.69, 9.17) is 0 Å². The highest BCUT2D eigenvalue weighted by Gasteiger charge is 2.51. The van der Waals surface area contributed by atoms with E-state index in [1.807, 2.05) is 6.07 Å². The fraction of sp³-hybridized carbons (Fsp3) is 0.176. The van der Waals surface area contributed by atoms with Crippen LogP contribution in [0.4, 0.5) is 4.39 Å². The monoisotopic (exact) mass is 298 g/mol. The summed E-state index contributed by atoms with van der Waals surface area (Å²) < 4.78 is 13.0. The molecular weight excluding hydrogens is 283 g/mol. The number of amides is 2. The van der Waals surface area contributed by atoms with E-state index in [2.05, 4.69) is 10.9 Å². The molecule has 1 aliphatic rings. The van der Waals surface area contributed by atoms with E-state index in [9.17, 15) is 14.0 Å². The number of halogens is 1. The molecule has 0 bridgehead atoms. The molecule has 0 spiro atoms. The summed E-state index contributed by atoms with van der Waals surface area (Å²) in [7, 11) is 0. The van der Waals surface area contributed by atoms with E-state index in [1.165, 1.54) is 12.1 Å². The highest BCUT2D eigenvalue weighted by molar-refractivity contribution is 5.97. The molecule has 2 aromatic carbocycles. The van der Waals surface area contributed by atoms with Crippen LogP contribution in [0.3, 0.4) is 0 Å². The van der Waals surface area contributed by atoms with Crippen LogP contribution < -0.4 is 10.9 Å². The number of hydrogen-bond donors (Lipinski definition) is 2. The molecule has 2 aromatic rings. The van der Waals surface area contributed by atoms with E-state index in [-0.39, 0.29) is 17.6 Å². The minimum atomic E-state index is -0.655. The Morgan fingerprint density at radius 3 is 2.14 bits per heavy atom. The number of hydrogen-bond acceptors (Lipinski definition) is 2. The van der Waals surface area contributed by atoms with Crippen LogP contribution in [0.25, 0.3) is 0 Å². The molecular formula is C17H15FN2O2. The predicted molar refractivity (Wildman–Crippen MR) is 79.4 cm³/mol. The van der Waals surface area contributed by atoms with Crippen molar-refractivity contribution >= 4 is 11.8 Å². The lowest BCUT2D eigenvalue weighted by molar-refractivity contribution is -0.124. The Kier molecular flexibility index (Phi) is 3.63. The average molecular weight is 298 g/mol. The van der Waals surface area contributed by atoms with Crippen LogP contribution in [0.2, 0.25) is 0 Å². The first-order chi connectivity index (χ1) is 10.6. The van der Waals surface area contributed by atoms with Crippen molar-refractivity contribution in [1.29, 1.82) is 0 Å². The van der Waals surface area contributed by atoms with Gasteiger partial charge in [-0.05, 0) is 42.7 Å². The SMILES string of the molecule is O=C(NNC(=O)C1(c2ccc(F)cc2)CC1)c1ccccc1. The second-order valence-corrected chi connectivity index (χ2v) is 5.36. The van der Waals surface area contributed by atoms with Crippen molar-refractivity contribution in [2.45, 2.75) is 18.3 Å². The van der Waals surface area contributed by atoms with Gasteiger partial charge in [0.2, 0.25) is 5.91 Å². The predicted octanol–water partition coefficient (Wildman–Crippen LogP) is 2.32. The molecule has 1 saturated carbocycles.